The van der Waals surface area contributed by atoms with E-state index in [9.17, 15) is 22.8 Å². The molecule has 122 valence electrons. The van der Waals surface area contributed by atoms with E-state index in [0.29, 0.717) is 12.3 Å². The number of urea groups is 1. The van der Waals surface area contributed by atoms with E-state index in [1.165, 1.54) is 7.05 Å². The van der Waals surface area contributed by atoms with Gasteiger partial charge in [0.1, 0.15) is 5.92 Å². The van der Waals surface area contributed by atoms with Gasteiger partial charge in [0.05, 0.1) is 23.2 Å². The number of hydrogen-bond acceptors (Lipinski definition) is 5. The minimum atomic E-state index is -4.60. The van der Waals surface area contributed by atoms with Crippen LogP contribution in [0.5, 0.6) is 0 Å². The number of nitriles is 1. The second-order valence-corrected chi connectivity index (χ2v) is 5.02. The number of halogens is 4. The molecule has 3 amide bonds. The second kappa shape index (κ2) is 5.92. The molecule has 7 nitrogen and oxygen atoms in total. The number of imide groups is 1. The molecule has 0 aliphatic carbocycles. The van der Waals surface area contributed by atoms with E-state index < -0.39 is 29.6 Å². The number of nitrogens with one attached hydrogen (secondary N) is 1. The van der Waals surface area contributed by atoms with Crippen LogP contribution in [0.1, 0.15) is 5.56 Å². The molecule has 0 radical (unpaired) electrons. The molecule has 11 heteroatoms. The van der Waals surface area contributed by atoms with Gasteiger partial charge in [-0.05, 0) is 6.07 Å². The molecule has 1 saturated heterocycles. The first-order chi connectivity index (χ1) is 10.6. The van der Waals surface area contributed by atoms with Gasteiger partial charge >= 0.3 is 12.2 Å². The molecule has 1 atom stereocenters. The van der Waals surface area contributed by atoms with Gasteiger partial charge in [0.2, 0.25) is 5.91 Å². The van der Waals surface area contributed by atoms with E-state index in [4.69, 9.17) is 16.9 Å². The maximum atomic E-state index is 12.6. The van der Waals surface area contributed by atoms with Crippen molar-refractivity contribution in [3.8, 4) is 6.07 Å². The number of hydrazine groups is 1. The Morgan fingerprint density at radius 2 is 2.17 bits per heavy atom. The Hall–Kier alpha value is -2.54. The maximum absolute atomic E-state index is 12.6. The van der Waals surface area contributed by atoms with Gasteiger partial charge in [0.15, 0.2) is 5.82 Å². The zero-order valence-electron chi connectivity index (χ0n) is 11.6. The van der Waals surface area contributed by atoms with Crippen molar-refractivity contribution in [3.05, 3.63) is 22.8 Å². The molecular formula is C12H9ClF3N5O2. The molecule has 1 N–H and O–H groups in total. The van der Waals surface area contributed by atoms with Gasteiger partial charge in [-0.3, -0.25) is 15.1 Å². The third-order valence-electron chi connectivity index (χ3n) is 3.11. The van der Waals surface area contributed by atoms with Crippen molar-refractivity contribution in [2.75, 3.05) is 18.6 Å². The summed E-state index contributed by atoms with van der Waals surface area (Å²) in [7, 11) is 1.32. The molecule has 1 unspecified atom stereocenters. The van der Waals surface area contributed by atoms with Crippen molar-refractivity contribution in [2.45, 2.75) is 6.18 Å². The fraction of sp³-hybridized carbons (Fsp3) is 0.333. The lowest BCUT2D eigenvalue weighted by atomic mass is 10.1. The Bertz CT molecular complexity index is 703. The van der Waals surface area contributed by atoms with Crippen LogP contribution in [0.3, 0.4) is 0 Å². The number of alkyl halides is 3. The van der Waals surface area contributed by atoms with Gasteiger partial charge in [-0.1, -0.05) is 11.6 Å². The van der Waals surface area contributed by atoms with E-state index in [1.807, 2.05) is 5.32 Å². The van der Waals surface area contributed by atoms with Crippen molar-refractivity contribution < 1.29 is 22.8 Å². The van der Waals surface area contributed by atoms with Crippen LogP contribution in [0.25, 0.3) is 0 Å². The van der Waals surface area contributed by atoms with Gasteiger partial charge in [-0.15, -0.1) is 0 Å². The molecular weight excluding hydrogens is 339 g/mol. The zero-order chi connectivity index (χ0) is 17.4. The molecule has 0 saturated carbocycles. The molecule has 0 bridgehead atoms. The number of carbonyl (C=O) groups excluding carboxylic acids is 2. The van der Waals surface area contributed by atoms with Crippen LogP contribution in [0, 0.1) is 17.2 Å². The van der Waals surface area contributed by atoms with Crippen molar-refractivity contribution in [1.82, 2.24) is 15.3 Å². The Morgan fingerprint density at radius 1 is 1.52 bits per heavy atom. The minimum Gasteiger partial charge on any atom is -0.275 e. The van der Waals surface area contributed by atoms with E-state index in [1.54, 1.807) is 6.07 Å². The van der Waals surface area contributed by atoms with E-state index in [0.717, 1.165) is 10.0 Å². The smallest absolute Gasteiger partial charge is 0.275 e. The molecule has 1 aliphatic heterocycles. The summed E-state index contributed by atoms with van der Waals surface area (Å²) in [6.45, 7) is -0.267. The fourth-order valence-corrected chi connectivity index (χ4v) is 2.18. The summed E-state index contributed by atoms with van der Waals surface area (Å²) in [5.41, 5.74) is -1.03. The molecule has 1 aromatic rings. The summed E-state index contributed by atoms with van der Waals surface area (Å²) in [5.74, 6) is -1.97. The molecule has 1 aromatic heterocycles. The van der Waals surface area contributed by atoms with Gasteiger partial charge in [0.25, 0.3) is 0 Å². The van der Waals surface area contributed by atoms with Crippen molar-refractivity contribution in [3.63, 3.8) is 0 Å². The number of rotatable bonds is 2. The summed E-state index contributed by atoms with van der Waals surface area (Å²) in [6.07, 6.45) is -4.03. The van der Waals surface area contributed by atoms with Crippen LogP contribution in [0.15, 0.2) is 12.3 Å². The van der Waals surface area contributed by atoms with Gasteiger partial charge in [0, 0.05) is 13.2 Å². The van der Waals surface area contributed by atoms with Crippen LogP contribution in [0.2, 0.25) is 5.02 Å². The van der Waals surface area contributed by atoms with Crippen LogP contribution < -0.4 is 10.3 Å². The third kappa shape index (κ3) is 3.29. The first kappa shape index (κ1) is 16.8. The van der Waals surface area contributed by atoms with Crippen molar-refractivity contribution >= 4 is 29.4 Å². The van der Waals surface area contributed by atoms with Crippen LogP contribution >= 0.6 is 11.6 Å². The standard InChI is InChI=1S/C12H9ClF3N5O2/c1-20(21-5-6(3-17)10(22)19-11(21)23)9-8(13)2-7(4-18-9)12(14,15)16/h2,4,6H,5H2,1H3,(H,19,22,23). The van der Waals surface area contributed by atoms with E-state index in [2.05, 4.69) is 4.98 Å². The summed E-state index contributed by atoms with van der Waals surface area (Å²) < 4.78 is 37.8. The highest BCUT2D eigenvalue weighted by molar-refractivity contribution is 6.33. The largest absolute Gasteiger partial charge is 0.417 e. The Balaban J connectivity index is 2.30. The molecule has 0 spiro atoms. The monoisotopic (exact) mass is 347 g/mol. The van der Waals surface area contributed by atoms with Gasteiger partial charge in [-0.25, -0.2) is 14.8 Å². The average Bonchev–Trinajstić information content (AvgIpc) is 2.45. The molecule has 23 heavy (non-hydrogen) atoms. The molecule has 0 aromatic carbocycles. The Labute approximate surface area is 133 Å². The SMILES string of the molecule is CN(c1ncc(C(F)(F)F)cc1Cl)N1CC(C#N)C(=O)NC1=O. The van der Waals surface area contributed by atoms with Gasteiger partial charge in [-0.2, -0.15) is 18.4 Å². The number of pyridine rings is 1. The Morgan fingerprint density at radius 3 is 2.70 bits per heavy atom. The highest BCUT2D eigenvalue weighted by Crippen LogP contribution is 2.33. The highest BCUT2D eigenvalue weighted by Gasteiger charge is 2.36. The Kier molecular flexibility index (Phi) is 4.33. The zero-order valence-corrected chi connectivity index (χ0v) is 12.3. The molecule has 1 fully saturated rings. The fourth-order valence-electron chi connectivity index (χ4n) is 1.89. The quantitative estimate of drug-likeness (QED) is 0.881. The molecule has 2 heterocycles. The lowest BCUT2D eigenvalue weighted by Gasteiger charge is -2.36. The first-order valence-electron chi connectivity index (χ1n) is 6.13. The lowest BCUT2D eigenvalue weighted by molar-refractivity contribution is -0.137. The normalized spacial score (nSPS) is 18.4. The highest BCUT2D eigenvalue weighted by atomic mass is 35.5. The van der Waals surface area contributed by atoms with E-state index >= 15 is 0 Å². The number of nitrogens with zero attached hydrogens (tertiary/aromatic N) is 4. The first-order valence-corrected chi connectivity index (χ1v) is 6.51. The van der Waals surface area contributed by atoms with E-state index in [-0.39, 0.29) is 17.4 Å². The summed E-state index contributed by atoms with van der Waals surface area (Å²) in [6, 6.07) is 1.56. The number of anilines is 1. The molecule has 2 rings (SSSR count). The number of aromatic nitrogens is 1. The van der Waals surface area contributed by atoms with Crippen molar-refractivity contribution in [1.29, 1.82) is 5.26 Å². The average molecular weight is 348 g/mol. The molecule has 1 aliphatic rings. The summed E-state index contributed by atoms with van der Waals surface area (Å²) in [4.78, 5) is 26.8. The van der Waals surface area contributed by atoms with Crippen LogP contribution in [-0.4, -0.2) is 35.5 Å². The van der Waals surface area contributed by atoms with Crippen molar-refractivity contribution in [2.24, 2.45) is 5.92 Å². The minimum absolute atomic E-state index is 0.124. The number of hydrogen-bond donors (Lipinski definition) is 1. The predicted molar refractivity (Wildman–Crippen MR) is 72.0 cm³/mol. The van der Waals surface area contributed by atoms with Gasteiger partial charge < -0.3 is 0 Å². The van der Waals surface area contributed by atoms with Crippen LogP contribution in [-0.2, 0) is 11.0 Å². The third-order valence-corrected chi connectivity index (χ3v) is 3.39. The maximum Gasteiger partial charge on any atom is 0.417 e. The van der Waals surface area contributed by atoms with Crippen LogP contribution in [0.4, 0.5) is 23.8 Å². The second-order valence-electron chi connectivity index (χ2n) is 4.61. The number of amides is 3. The summed E-state index contributed by atoms with van der Waals surface area (Å²) in [5, 5.41) is 12.5. The number of carbonyl (C=O) groups is 2. The predicted octanol–water partition coefficient (Wildman–Crippen LogP) is 1.80. The summed E-state index contributed by atoms with van der Waals surface area (Å²) >= 11 is 5.80. The topological polar surface area (TPSA) is 89.3 Å². The lowest BCUT2D eigenvalue weighted by Crippen LogP contribution is -2.59.